The van der Waals surface area contributed by atoms with Crippen molar-refractivity contribution in [3.63, 3.8) is 0 Å². The number of halogens is 1. The monoisotopic (exact) mass is 327 g/mol. The molecular formula is C14H18FN3O3S. The first-order chi connectivity index (χ1) is 10.5. The average Bonchev–Trinajstić information content (AvgIpc) is 3.14. The lowest BCUT2D eigenvalue weighted by atomic mass is 10.3. The van der Waals surface area contributed by atoms with Crippen LogP contribution >= 0.6 is 0 Å². The van der Waals surface area contributed by atoms with E-state index in [-0.39, 0.29) is 23.9 Å². The number of hydrogen-bond donors (Lipinski definition) is 1. The van der Waals surface area contributed by atoms with Gasteiger partial charge in [0.25, 0.3) is 0 Å². The lowest BCUT2D eigenvalue weighted by Crippen LogP contribution is -2.30. The summed E-state index contributed by atoms with van der Waals surface area (Å²) in [5.74, 6) is 1.30. The van der Waals surface area contributed by atoms with Crippen LogP contribution in [0.1, 0.15) is 6.42 Å². The first-order valence-corrected chi connectivity index (χ1v) is 8.56. The summed E-state index contributed by atoms with van der Waals surface area (Å²) in [6.45, 7) is 1.25. The van der Waals surface area contributed by atoms with E-state index in [0.29, 0.717) is 36.8 Å². The fraction of sp³-hybridized carbons (Fsp3) is 0.500. The second kappa shape index (κ2) is 5.94. The molecule has 0 amide bonds. The third-order valence-corrected chi connectivity index (χ3v) is 5.93. The van der Waals surface area contributed by atoms with Crippen molar-refractivity contribution in [2.24, 2.45) is 17.6 Å². The van der Waals surface area contributed by atoms with E-state index >= 15 is 0 Å². The van der Waals surface area contributed by atoms with E-state index in [1.54, 1.807) is 0 Å². The number of aromatic nitrogens is 1. The Labute approximate surface area is 128 Å². The highest BCUT2D eigenvalue weighted by molar-refractivity contribution is 7.89. The van der Waals surface area contributed by atoms with Crippen LogP contribution in [0.4, 0.5) is 4.39 Å². The van der Waals surface area contributed by atoms with Gasteiger partial charge in [0.05, 0.1) is 12.5 Å². The van der Waals surface area contributed by atoms with Crippen LogP contribution in [0, 0.1) is 11.8 Å². The highest BCUT2D eigenvalue weighted by Crippen LogP contribution is 2.46. The standard InChI is InChI=1S/C14H18FN3O3S/c15-4-10(5-16)9-21-14-2-1-13(6-17-14)22(19,20)18-7-11-3-12(11)8-18/h1-2,4,6,11-12H,3,5,7-9,16H2/b10-4+. The Kier molecular flexibility index (Phi) is 4.16. The maximum Gasteiger partial charge on any atom is 0.244 e. The summed E-state index contributed by atoms with van der Waals surface area (Å²) in [4.78, 5) is 4.12. The lowest BCUT2D eigenvalue weighted by molar-refractivity contribution is 0.333. The third-order valence-electron chi connectivity index (χ3n) is 4.11. The summed E-state index contributed by atoms with van der Waals surface area (Å²) in [6, 6.07) is 2.93. The molecule has 0 spiro atoms. The number of rotatable bonds is 6. The van der Waals surface area contributed by atoms with E-state index in [1.807, 2.05) is 0 Å². The Morgan fingerprint density at radius 2 is 2.18 bits per heavy atom. The van der Waals surface area contributed by atoms with Crippen LogP contribution in [0.5, 0.6) is 5.88 Å². The van der Waals surface area contributed by atoms with Gasteiger partial charge in [0.1, 0.15) is 11.5 Å². The molecule has 1 saturated heterocycles. The summed E-state index contributed by atoms with van der Waals surface area (Å²) in [7, 11) is -3.47. The number of fused-ring (bicyclic) bond motifs is 1. The van der Waals surface area contributed by atoms with E-state index in [4.69, 9.17) is 10.5 Å². The van der Waals surface area contributed by atoms with Crippen molar-refractivity contribution < 1.29 is 17.5 Å². The highest BCUT2D eigenvalue weighted by atomic mass is 32.2. The van der Waals surface area contributed by atoms with Gasteiger partial charge >= 0.3 is 0 Å². The van der Waals surface area contributed by atoms with Crippen molar-refractivity contribution in [1.29, 1.82) is 0 Å². The van der Waals surface area contributed by atoms with Gasteiger partial charge in [0.15, 0.2) is 0 Å². The first-order valence-electron chi connectivity index (χ1n) is 7.12. The van der Waals surface area contributed by atoms with E-state index in [0.717, 1.165) is 6.42 Å². The minimum Gasteiger partial charge on any atom is -0.473 e. The fourth-order valence-electron chi connectivity index (χ4n) is 2.61. The minimum atomic E-state index is -3.47. The maximum atomic E-state index is 12.4. The number of nitrogens with zero attached hydrogens (tertiary/aromatic N) is 2. The van der Waals surface area contributed by atoms with E-state index < -0.39 is 10.0 Å². The predicted molar refractivity (Wildman–Crippen MR) is 78.3 cm³/mol. The van der Waals surface area contributed by atoms with Crippen molar-refractivity contribution in [2.75, 3.05) is 26.2 Å². The van der Waals surface area contributed by atoms with E-state index in [2.05, 4.69) is 4.98 Å². The third kappa shape index (κ3) is 2.99. The van der Waals surface area contributed by atoms with Gasteiger partial charge in [-0.3, -0.25) is 0 Å². The lowest BCUT2D eigenvalue weighted by Gasteiger charge is -2.17. The van der Waals surface area contributed by atoms with Crippen LogP contribution in [0.15, 0.2) is 35.1 Å². The normalized spacial score (nSPS) is 25.1. The number of piperidine rings is 1. The van der Waals surface area contributed by atoms with Gasteiger partial charge in [-0.05, 0) is 24.3 Å². The Bertz CT molecular complexity index is 665. The van der Waals surface area contributed by atoms with Gasteiger partial charge in [-0.1, -0.05) is 0 Å². The van der Waals surface area contributed by atoms with Gasteiger partial charge in [-0.15, -0.1) is 0 Å². The number of ether oxygens (including phenoxy) is 1. The molecule has 1 aliphatic heterocycles. The molecule has 22 heavy (non-hydrogen) atoms. The zero-order valence-electron chi connectivity index (χ0n) is 12.0. The van der Waals surface area contributed by atoms with Crippen LogP contribution in [0.3, 0.4) is 0 Å². The van der Waals surface area contributed by atoms with E-state index in [1.165, 1.54) is 22.6 Å². The van der Waals surface area contributed by atoms with Crippen LogP contribution in [0.2, 0.25) is 0 Å². The molecule has 0 aromatic carbocycles. The predicted octanol–water partition coefficient (Wildman–Crippen LogP) is 0.913. The summed E-state index contributed by atoms with van der Waals surface area (Å²) in [6.07, 6.45) is 2.82. The molecule has 6 nitrogen and oxygen atoms in total. The number of hydrogen-bond acceptors (Lipinski definition) is 5. The van der Waals surface area contributed by atoms with E-state index in [9.17, 15) is 12.8 Å². The molecule has 120 valence electrons. The zero-order valence-corrected chi connectivity index (χ0v) is 12.8. The molecule has 2 fully saturated rings. The van der Waals surface area contributed by atoms with Crippen molar-refractivity contribution in [3.8, 4) is 5.88 Å². The highest BCUT2D eigenvalue weighted by Gasteiger charge is 2.48. The van der Waals surface area contributed by atoms with Crippen molar-refractivity contribution in [2.45, 2.75) is 11.3 Å². The molecule has 2 aliphatic rings. The largest absolute Gasteiger partial charge is 0.473 e. The molecule has 8 heteroatoms. The average molecular weight is 327 g/mol. The van der Waals surface area contributed by atoms with Crippen LogP contribution in [-0.2, 0) is 10.0 Å². The Hall–Kier alpha value is -1.51. The Morgan fingerprint density at radius 1 is 1.45 bits per heavy atom. The van der Waals surface area contributed by atoms with Gasteiger partial charge in [0, 0.05) is 31.3 Å². The van der Waals surface area contributed by atoms with Gasteiger partial charge in [-0.25, -0.2) is 17.8 Å². The topological polar surface area (TPSA) is 85.5 Å². The molecule has 0 radical (unpaired) electrons. The van der Waals surface area contributed by atoms with Crippen molar-refractivity contribution in [3.05, 3.63) is 30.2 Å². The van der Waals surface area contributed by atoms with Crippen LogP contribution < -0.4 is 10.5 Å². The molecule has 2 N–H and O–H groups in total. The Balaban J connectivity index is 1.66. The quantitative estimate of drug-likeness (QED) is 0.839. The SMILES string of the molecule is NC/C(=C\F)COc1ccc(S(=O)(=O)N2CC3CC3C2)cn1. The molecule has 1 aliphatic carbocycles. The number of pyridine rings is 1. The maximum absolute atomic E-state index is 12.4. The van der Waals surface area contributed by atoms with Crippen molar-refractivity contribution >= 4 is 10.0 Å². The Morgan fingerprint density at radius 3 is 2.73 bits per heavy atom. The minimum absolute atomic E-state index is 0.0123. The van der Waals surface area contributed by atoms with Crippen LogP contribution in [0.25, 0.3) is 0 Å². The number of nitrogens with two attached hydrogens (primary N) is 1. The number of sulfonamides is 1. The molecule has 3 rings (SSSR count). The molecule has 0 bridgehead atoms. The molecular weight excluding hydrogens is 309 g/mol. The smallest absolute Gasteiger partial charge is 0.244 e. The van der Waals surface area contributed by atoms with Gasteiger partial charge < -0.3 is 10.5 Å². The van der Waals surface area contributed by atoms with Crippen LogP contribution in [-0.4, -0.2) is 43.9 Å². The molecule has 1 aromatic heterocycles. The summed E-state index contributed by atoms with van der Waals surface area (Å²) in [5.41, 5.74) is 5.62. The molecule has 1 saturated carbocycles. The summed E-state index contributed by atoms with van der Waals surface area (Å²) < 4.78 is 44.0. The molecule has 1 aromatic rings. The molecule has 2 atom stereocenters. The second-order valence-corrected chi connectivity index (χ2v) is 7.61. The van der Waals surface area contributed by atoms with Crippen molar-refractivity contribution in [1.82, 2.24) is 9.29 Å². The fourth-order valence-corrected chi connectivity index (χ4v) is 4.11. The zero-order chi connectivity index (χ0) is 15.7. The second-order valence-electron chi connectivity index (χ2n) is 5.67. The van der Waals surface area contributed by atoms with Gasteiger partial charge in [0.2, 0.25) is 15.9 Å². The molecule has 2 unspecified atom stereocenters. The first kappa shape index (κ1) is 15.4. The summed E-state index contributed by atoms with van der Waals surface area (Å²) >= 11 is 0. The van der Waals surface area contributed by atoms with Gasteiger partial charge in [-0.2, -0.15) is 4.31 Å². The summed E-state index contributed by atoms with van der Waals surface area (Å²) in [5, 5.41) is 0. The molecule has 2 heterocycles.